The van der Waals surface area contributed by atoms with E-state index in [1.165, 1.54) is 135 Å². The highest BCUT2D eigenvalue weighted by Crippen LogP contribution is 2.14. The van der Waals surface area contributed by atoms with Crippen LogP contribution in [0.2, 0.25) is 0 Å². The first-order valence-electron chi connectivity index (χ1n) is 23.4. The van der Waals surface area contributed by atoms with Gasteiger partial charge in [0.15, 0.2) is 6.10 Å². The van der Waals surface area contributed by atoms with E-state index in [9.17, 15) is 14.4 Å². The van der Waals surface area contributed by atoms with Crippen LogP contribution in [0.1, 0.15) is 245 Å². The Hall–Kier alpha value is -2.11. The van der Waals surface area contributed by atoms with Gasteiger partial charge in [-0.15, -0.1) is 0 Å². The summed E-state index contributed by atoms with van der Waals surface area (Å²) in [5, 5.41) is 0. The summed E-state index contributed by atoms with van der Waals surface area (Å²) in [6, 6.07) is 0. The van der Waals surface area contributed by atoms with Crippen molar-refractivity contribution < 1.29 is 28.6 Å². The van der Waals surface area contributed by atoms with Gasteiger partial charge in [-0.25, -0.2) is 0 Å². The van der Waals surface area contributed by atoms with Crippen molar-refractivity contribution in [2.45, 2.75) is 252 Å². The molecule has 0 saturated heterocycles. The summed E-state index contributed by atoms with van der Waals surface area (Å²) >= 11 is 0. The zero-order valence-electron chi connectivity index (χ0n) is 36.0. The lowest BCUT2D eigenvalue weighted by molar-refractivity contribution is -0.167. The lowest BCUT2D eigenvalue weighted by Gasteiger charge is -2.18. The predicted molar refractivity (Wildman–Crippen MR) is 229 cm³/mol. The zero-order chi connectivity index (χ0) is 39.4. The Labute approximate surface area is 334 Å². The van der Waals surface area contributed by atoms with E-state index in [1.54, 1.807) is 0 Å². The number of allylic oxidation sites excluding steroid dienone is 4. The number of carbonyl (C=O) groups excluding carboxylic acids is 3. The molecule has 0 rings (SSSR count). The van der Waals surface area contributed by atoms with Gasteiger partial charge in [0, 0.05) is 19.3 Å². The molecule has 316 valence electrons. The smallest absolute Gasteiger partial charge is 0.306 e. The third kappa shape index (κ3) is 41.1. The van der Waals surface area contributed by atoms with E-state index in [0.29, 0.717) is 19.3 Å². The molecule has 0 radical (unpaired) electrons. The lowest BCUT2D eigenvalue weighted by Crippen LogP contribution is -2.30. The monoisotopic (exact) mass is 761 g/mol. The minimum Gasteiger partial charge on any atom is -0.462 e. The van der Waals surface area contributed by atoms with Gasteiger partial charge in [0.05, 0.1) is 0 Å². The first kappa shape index (κ1) is 51.9. The Morgan fingerprint density at radius 2 is 0.648 bits per heavy atom. The average Bonchev–Trinajstić information content (AvgIpc) is 3.17. The molecule has 0 aliphatic carbocycles. The Morgan fingerprint density at radius 1 is 0.370 bits per heavy atom. The molecule has 0 N–H and O–H groups in total. The summed E-state index contributed by atoms with van der Waals surface area (Å²) in [5.74, 6) is -0.901. The lowest BCUT2D eigenvalue weighted by atomic mass is 10.1. The summed E-state index contributed by atoms with van der Waals surface area (Å²) in [5.41, 5.74) is 0. The maximum absolute atomic E-state index is 12.7. The molecule has 54 heavy (non-hydrogen) atoms. The Morgan fingerprint density at radius 3 is 1.00 bits per heavy atom. The van der Waals surface area contributed by atoms with Crippen molar-refractivity contribution in [3.05, 3.63) is 24.3 Å². The molecule has 0 bridgehead atoms. The van der Waals surface area contributed by atoms with E-state index in [1.807, 2.05) is 0 Å². The summed E-state index contributed by atoms with van der Waals surface area (Å²) in [4.78, 5) is 37.7. The predicted octanol–water partition coefficient (Wildman–Crippen LogP) is 14.8. The Balaban J connectivity index is 4.35. The van der Waals surface area contributed by atoms with Crippen molar-refractivity contribution in [2.24, 2.45) is 0 Å². The molecule has 0 amide bonds. The molecule has 1 unspecified atom stereocenters. The van der Waals surface area contributed by atoms with Crippen LogP contribution in [0.3, 0.4) is 0 Å². The third-order valence-electron chi connectivity index (χ3n) is 10.2. The second-order valence-electron chi connectivity index (χ2n) is 15.7. The highest BCUT2D eigenvalue weighted by atomic mass is 16.6. The standard InChI is InChI=1S/C48H88O6/c1-4-7-10-13-16-19-21-22-23-24-25-27-29-32-35-38-41-47(50)53-44-45(43-52-46(49)40-37-34-31-28-18-15-12-9-6-3)54-48(51)42-39-36-33-30-26-20-17-14-11-8-5-2/h23-25,27,45H,4-22,26,28-44H2,1-3H3/b24-23-,27-25-. The fourth-order valence-electron chi connectivity index (χ4n) is 6.67. The average molecular weight is 761 g/mol. The molecule has 0 aliphatic rings. The van der Waals surface area contributed by atoms with Crippen molar-refractivity contribution in [1.29, 1.82) is 0 Å². The van der Waals surface area contributed by atoms with E-state index in [4.69, 9.17) is 14.2 Å². The highest BCUT2D eigenvalue weighted by Gasteiger charge is 2.19. The Kier molecular flexibility index (Phi) is 41.9. The van der Waals surface area contributed by atoms with Crippen molar-refractivity contribution in [3.63, 3.8) is 0 Å². The second-order valence-corrected chi connectivity index (χ2v) is 15.7. The number of rotatable bonds is 42. The van der Waals surface area contributed by atoms with Crippen LogP contribution in [0.25, 0.3) is 0 Å². The van der Waals surface area contributed by atoms with Crippen LogP contribution in [0.5, 0.6) is 0 Å². The van der Waals surface area contributed by atoms with Gasteiger partial charge < -0.3 is 14.2 Å². The van der Waals surface area contributed by atoms with Crippen LogP contribution in [-0.4, -0.2) is 37.2 Å². The fourth-order valence-corrected chi connectivity index (χ4v) is 6.67. The number of hydrogen-bond acceptors (Lipinski definition) is 6. The summed E-state index contributed by atoms with van der Waals surface area (Å²) in [6.07, 6.45) is 47.3. The fraction of sp³-hybridized carbons (Fsp3) is 0.854. The van der Waals surface area contributed by atoms with Gasteiger partial charge in [0.25, 0.3) is 0 Å². The van der Waals surface area contributed by atoms with Crippen LogP contribution in [-0.2, 0) is 28.6 Å². The number of esters is 3. The maximum atomic E-state index is 12.7. The quantitative estimate of drug-likeness (QED) is 0.0267. The van der Waals surface area contributed by atoms with Crippen LogP contribution < -0.4 is 0 Å². The van der Waals surface area contributed by atoms with Gasteiger partial charge in [0.2, 0.25) is 0 Å². The van der Waals surface area contributed by atoms with Crippen molar-refractivity contribution in [2.75, 3.05) is 13.2 Å². The molecule has 0 aliphatic heterocycles. The second kappa shape index (κ2) is 43.6. The number of carbonyl (C=O) groups is 3. The highest BCUT2D eigenvalue weighted by molar-refractivity contribution is 5.71. The molecular formula is C48H88O6. The van der Waals surface area contributed by atoms with E-state index < -0.39 is 6.10 Å². The van der Waals surface area contributed by atoms with Gasteiger partial charge in [-0.3, -0.25) is 14.4 Å². The van der Waals surface area contributed by atoms with Crippen LogP contribution in [0.4, 0.5) is 0 Å². The van der Waals surface area contributed by atoms with E-state index in [0.717, 1.165) is 70.6 Å². The molecule has 0 saturated carbocycles. The number of unbranched alkanes of at least 4 members (excludes halogenated alkanes) is 28. The van der Waals surface area contributed by atoms with Gasteiger partial charge in [-0.1, -0.05) is 206 Å². The van der Waals surface area contributed by atoms with E-state index >= 15 is 0 Å². The van der Waals surface area contributed by atoms with Gasteiger partial charge in [-0.05, 0) is 44.9 Å². The minimum atomic E-state index is -0.773. The van der Waals surface area contributed by atoms with Gasteiger partial charge >= 0.3 is 17.9 Å². The SMILES string of the molecule is CCCCCCCCC/C=C\C=C/CCCCCC(=O)OCC(COC(=O)CCCCCCCCCCC)OC(=O)CCCCCCCCCCCCC. The largest absolute Gasteiger partial charge is 0.462 e. The molecule has 0 aromatic rings. The van der Waals surface area contributed by atoms with Crippen LogP contribution in [0, 0.1) is 0 Å². The molecule has 6 heteroatoms. The molecule has 6 nitrogen and oxygen atoms in total. The topological polar surface area (TPSA) is 78.9 Å². The van der Waals surface area contributed by atoms with E-state index in [2.05, 4.69) is 45.1 Å². The summed E-state index contributed by atoms with van der Waals surface area (Å²) in [7, 11) is 0. The summed E-state index contributed by atoms with van der Waals surface area (Å²) in [6.45, 7) is 6.59. The van der Waals surface area contributed by atoms with E-state index in [-0.39, 0.29) is 31.1 Å². The van der Waals surface area contributed by atoms with Crippen LogP contribution in [0.15, 0.2) is 24.3 Å². The molecule has 0 aromatic carbocycles. The van der Waals surface area contributed by atoms with Crippen LogP contribution >= 0.6 is 0 Å². The van der Waals surface area contributed by atoms with Gasteiger partial charge in [0.1, 0.15) is 13.2 Å². The number of hydrogen-bond donors (Lipinski definition) is 0. The first-order chi connectivity index (χ1) is 26.5. The molecule has 0 fully saturated rings. The Bertz CT molecular complexity index is 880. The van der Waals surface area contributed by atoms with Crippen molar-refractivity contribution in [1.82, 2.24) is 0 Å². The molecule has 0 heterocycles. The molecule has 1 atom stereocenters. The minimum absolute atomic E-state index is 0.0760. The maximum Gasteiger partial charge on any atom is 0.306 e. The third-order valence-corrected chi connectivity index (χ3v) is 10.2. The molecule has 0 aromatic heterocycles. The van der Waals surface area contributed by atoms with Crippen molar-refractivity contribution >= 4 is 17.9 Å². The zero-order valence-corrected chi connectivity index (χ0v) is 36.0. The summed E-state index contributed by atoms with van der Waals surface area (Å²) < 4.78 is 16.7. The normalized spacial score (nSPS) is 12.1. The molecular weight excluding hydrogens is 673 g/mol. The van der Waals surface area contributed by atoms with Crippen molar-refractivity contribution in [3.8, 4) is 0 Å². The van der Waals surface area contributed by atoms with Gasteiger partial charge in [-0.2, -0.15) is 0 Å². The molecule has 0 spiro atoms. The number of ether oxygens (including phenoxy) is 3. The first-order valence-corrected chi connectivity index (χ1v) is 23.4.